The van der Waals surface area contributed by atoms with Crippen molar-refractivity contribution in [3.05, 3.63) is 54.1 Å². The molecule has 0 radical (unpaired) electrons. The van der Waals surface area contributed by atoms with Gasteiger partial charge in [-0.3, -0.25) is 5.84 Å². The van der Waals surface area contributed by atoms with Crippen LogP contribution in [0, 0.1) is 42.4 Å². The maximum Gasteiger partial charge on any atom is 0.253 e. The number of sulfonamides is 1. The molecular weight excluding hydrogens is 1120 g/mol. The van der Waals surface area contributed by atoms with Gasteiger partial charge in [-0.25, -0.2) is 8.42 Å². The van der Waals surface area contributed by atoms with Crippen LogP contribution in [0.15, 0.2) is 53.5 Å². The Morgan fingerprint density at radius 2 is 0.776 bits per heavy atom. The van der Waals surface area contributed by atoms with Gasteiger partial charge in [0.1, 0.15) is 36.6 Å². The van der Waals surface area contributed by atoms with Gasteiger partial charge in [-0.15, -0.1) is 0 Å². The molecule has 0 bridgehead atoms. The van der Waals surface area contributed by atoms with Crippen LogP contribution in [0.1, 0.15) is 93.1 Å². The Bertz CT molecular complexity index is 2010. The Morgan fingerprint density at radius 3 is 1.16 bits per heavy atom. The van der Waals surface area contributed by atoms with Crippen LogP contribution in [-0.4, -0.2) is 219 Å². The number of benzene rings is 1. The van der Waals surface area contributed by atoms with Crippen LogP contribution >= 0.6 is 0 Å². The van der Waals surface area contributed by atoms with Gasteiger partial charge >= 0.3 is 0 Å². The van der Waals surface area contributed by atoms with Crippen LogP contribution in [0.25, 0.3) is 0 Å². The van der Waals surface area contributed by atoms with Crippen molar-refractivity contribution >= 4 is 10.0 Å². The lowest BCUT2D eigenvalue weighted by molar-refractivity contribution is -0.296. The largest absolute Gasteiger partial charge is 0.382 e. The molecule has 0 amide bonds. The standard InChI is InChI=1S/C29H52O9.C25H48O9.C7H10N2O2S.CH4/c1-20-21(2)28(37-23(18-30-4)25(20)32-6)35-16-14-12-10-9-11-13-15-17-36-29-27(34-8)22(3)26(33-7)24(38-29)19-31-5;1-16-17(2)24(33-19(14-26-4)21(16)28-6)31-12-10-9-11-13-32-25-23(30-8)18(3)22(29-7)20(34-25)15-27-5;1-6-2-4-7(5-3-6)12(10,11)9-8;/h11-14,20-29H,9-10,15-19H2,1-8H3;16-25H,9-15H2,1-8H3;2-5,9H,8H2,1H3;1H4/b13-11+,14-12+;;;/t20?,21?,22-,23?,24?,25-,26-,27?,28+,29?;16?,17?,18-,19?,20?,21-,22-,23?,24+,25?;;/m00../s1. The average Bonchev–Trinajstić information content (AvgIpc) is 3.11. The summed E-state index contributed by atoms with van der Waals surface area (Å²) < 4.78 is 126. The monoisotopic (exact) mass is 1240 g/mol. The number of unbranched alkanes of at least 4 members (excludes halogenated alkanes) is 3. The van der Waals surface area contributed by atoms with Crippen molar-refractivity contribution in [1.29, 1.82) is 0 Å². The van der Waals surface area contributed by atoms with Crippen LogP contribution < -0.4 is 10.7 Å². The van der Waals surface area contributed by atoms with Crippen LogP contribution in [0.4, 0.5) is 0 Å². The van der Waals surface area contributed by atoms with E-state index < -0.39 is 22.6 Å². The first kappa shape index (κ1) is 78.9. The van der Waals surface area contributed by atoms with E-state index in [1.165, 1.54) is 12.1 Å². The summed E-state index contributed by atoms with van der Waals surface area (Å²) in [6.07, 6.45) is 11.5. The van der Waals surface area contributed by atoms with Gasteiger partial charge in [0.05, 0.1) is 69.0 Å². The van der Waals surface area contributed by atoms with Crippen LogP contribution in [0.5, 0.6) is 0 Å². The molecule has 5 rings (SSSR count). The van der Waals surface area contributed by atoms with E-state index in [0.717, 1.165) is 44.1 Å². The number of hydrazine groups is 1. The maximum atomic E-state index is 11.1. The zero-order valence-electron chi connectivity index (χ0n) is 53.7. The molecule has 4 aliphatic heterocycles. The first-order valence-corrected chi connectivity index (χ1v) is 31.2. The highest BCUT2D eigenvalue weighted by molar-refractivity contribution is 7.89. The SMILES string of the molecule is C.COCC1O[C@@H](OC/C=C/CC/C=C/CCOC2OC(COC)[C@@H](OC)[C@H](C)C2OC)C(C)C(C)[C@@H]1OC.COCC1O[C@@H](OCCCCCOC2OC(COC)[C@@H](OC)[C@H](C)C2OC)C(C)C(C)[C@@H]1OC.Cc1ccc(S(=O)(=O)NN)cc1. The van der Waals surface area contributed by atoms with E-state index in [-0.39, 0.29) is 110 Å². The lowest BCUT2D eigenvalue weighted by Gasteiger charge is -2.44. The van der Waals surface area contributed by atoms with E-state index in [1.54, 1.807) is 88.1 Å². The topological polar surface area (TPSA) is 238 Å². The number of aryl methyl sites for hydroxylation is 1. The van der Waals surface area contributed by atoms with Crippen molar-refractivity contribution in [2.24, 2.45) is 41.4 Å². The fourth-order valence-corrected chi connectivity index (χ4v) is 11.9. The van der Waals surface area contributed by atoms with Gasteiger partial charge < -0.3 is 85.3 Å². The van der Waals surface area contributed by atoms with Gasteiger partial charge in [0.25, 0.3) is 10.0 Å². The highest BCUT2D eigenvalue weighted by Crippen LogP contribution is 2.36. The number of allylic oxidation sites excluding steroid dienone is 2. The van der Waals surface area contributed by atoms with E-state index in [1.807, 2.05) is 6.92 Å². The third kappa shape index (κ3) is 24.9. The summed E-state index contributed by atoms with van der Waals surface area (Å²) >= 11 is 0. The van der Waals surface area contributed by atoms with E-state index in [2.05, 4.69) is 65.8 Å². The molecule has 23 heteroatoms. The summed E-state index contributed by atoms with van der Waals surface area (Å²) in [5, 5.41) is 0. The molecule has 20 atom stereocenters. The molecule has 0 aromatic heterocycles. The highest BCUT2D eigenvalue weighted by atomic mass is 32.2. The lowest BCUT2D eigenvalue weighted by atomic mass is 9.84. The van der Waals surface area contributed by atoms with E-state index in [4.69, 9.17) is 91.1 Å². The average molecular weight is 1240 g/mol. The Labute approximate surface area is 511 Å². The van der Waals surface area contributed by atoms with Crippen molar-refractivity contribution in [3.63, 3.8) is 0 Å². The first-order valence-electron chi connectivity index (χ1n) is 29.7. The highest BCUT2D eigenvalue weighted by Gasteiger charge is 2.47. The number of nitrogens with two attached hydrogens (primary N) is 1. The maximum absolute atomic E-state index is 11.1. The minimum Gasteiger partial charge on any atom is -0.382 e. The van der Waals surface area contributed by atoms with Crippen molar-refractivity contribution in [2.75, 3.05) is 124 Å². The molecule has 4 saturated heterocycles. The zero-order chi connectivity index (χ0) is 62.2. The molecule has 3 N–H and O–H groups in total. The molecule has 0 saturated carbocycles. The van der Waals surface area contributed by atoms with Crippen molar-refractivity contribution in [1.82, 2.24) is 4.83 Å². The molecule has 0 aliphatic carbocycles. The minimum atomic E-state index is -3.49. The van der Waals surface area contributed by atoms with E-state index >= 15 is 0 Å². The summed E-state index contributed by atoms with van der Waals surface area (Å²) in [6, 6.07) is 6.43. The van der Waals surface area contributed by atoms with Gasteiger partial charge in [-0.05, 0) is 69.4 Å². The number of rotatable bonds is 34. The summed E-state index contributed by atoms with van der Waals surface area (Å²) in [6.45, 7) is 18.9. The molecule has 1 aromatic rings. The second kappa shape index (κ2) is 43.5. The van der Waals surface area contributed by atoms with Gasteiger partial charge in [-0.2, -0.15) is 4.83 Å². The zero-order valence-corrected chi connectivity index (χ0v) is 54.5. The lowest BCUT2D eigenvalue weighted by Crippen LogP contribution is -2.56. The van der Waals surface area contributed by atoms with Gasteiger partial charge in [0, 0.05) is 108 Å². The Morgan fingerprint density at radius 1 is 0.435 bits per heavy atom. The number of ether oxygens (including phenoxy) is 18. The molecule has 1 aromatic carbocycles. The normalized spacial score (nSPS) is 33.4. The van der Waals surface area contributed by atoms with Crippen LogP contribution in [0.3, 0.4) is 0 Å². The second-order valence-corrected chi connectivity index (χ2v) is 23.8. The molecular formula is C62H114N2O20S. The first-order chi connectivity index (χ1) is 40.4. The van der Waals surface area contributed by atoms with E-state index in [0.29, 0.717) is 64.7 Å². The summed E-state index contributed by atoms with van der Waals surface area (Å²) in [5.41, 5.74) is 1.01. The van der Waals surface area contributed by atoms with Crippen molar-refractivity contribution in [2.45, 2.75) is 186 Å². The molecule has 0 spiro atoms. The Hall–Kier alpha value is -2.15. The van der Waals surface area contributed by atoms with Crippen LogP contribution in [0.2, 0.25) is 0 Å². The van der Waals surface area contributed by atoms with Gasteiger partial charge in [-0.1, -0.05) is 91.0 Å². The molecule has 4 fully saturated rings. The number of methoxy groups -OCH3 is 10. The number of hydrogen-bond acceptors (Lipinski definition) is 21. The van der Waals surface area contributed by atoms with Crippen molar-refractivity contribution < 1.29 is 93.7 Å². The van der Waals surface area contributed by atoms with Crippen LogP contribution in [-0.2, 0) is 95.3 Å². The fraction of sp³-hybridized carbons (Fsp3) is 0.839. The third-order valence-corrected chi connectivity index (χ3v) is 17.6. The smallest absolute Gasteiger partial charge is 0.253 e. The molecule has 85 heavy (non-hydrogen) atoms. The van der Waals surface area contributed by atoms with E-state index in [9.17, 15) is 8.42 Å². The molecule has 498 valence electrons. The van der Waals surface area contributed by atoms with Gasteiger partial charge in [0.15, 0.2) is 25.2 Å². The second-order valence-electron chi connectivity index (χ2n) is 22.1. The summed E-state index contributed by atoms with van der Waals surface area (Å²) in [4.78, 5) is 1.93. The fourth-order valence-electron chi connectivity index (χ4n) is 11.3. The molecule has 4 heterocycles. The number of nitrogens with one attached hydrogen (secondary N) is 1. The molecule has 4 aliphatic rings. The van der Waals surface area contributed by atoms with Gasteiger partial charge in [0.2, 0.25) is 0 Å². The quantitative estimate of drug-likeness (QED) is 0.0291. The minimum absolute atomic E-state index is 0. The summed E-state index contributed by atoms with van der Waals surface area (Å²) in [7, 11) is 13.4. The summed E-state index contributed by atoms with van der Waals surface area (Å²) in [5.74, 6) is 6.21. The molecule has 12 unspecified atom stereocenters. The Kier molecular flexibility index (Phi) is 40.4. The predicted molar refractivity (Wildman–Crippen MR) is 324 cm³/mol. The Balaban J connectivity index is 0.000000482. The number of hydrogen-bond donors (Lipinski definition) is 2. The molecule has 22 nitrogen and oxygen atoms in total. The van der Waals surface area contributed by atoms with Crippen molar-refractivity contribution in [3.8, 4) is 0 Å². The predicted octanol–water partition coefficient (Wildman–Crippen LogP) is 7.67. The third-order valence-electron chi connectivity index (χ3n) is 16.4.